The lowest BCUT2D eigenvalue weighted by molar-refractivity contribution is -0.305. The van der Waals surface area contributed by atoms with E-state index in [0.29, 0.717) is 5.75 Å². The molecule has 0 aliphatic carbocycles. The van der Waals surface area contributed by atoms with E-state index in [1.165, 1.54) is 24.1 Å². The normalized spacial score (nSPS) is 10.8. The lowest BCUT2D eigenvalue weighted by atomic mass is 10.5. The quantitative estimate of drug-likeness (QED) is 0.428. The third-order valence-corrected chi connectivity index (χ3v) is 6.00. The molecule has 0 unspecified atom stereocenters. The molecule has 0 fully saturated rings. The van der Waals surface area contributed by atoms with Crippen molar-refractivity contribution in [3.8, 4) is 0 Å². The Bertz CT molecular complexity index is 213. The minimum atomic E-state index is -0.964. The topological polar surface area (TPSA) is 58.6 Å². The van der Waals surface area contributed by atoms with Gasteiger partial charge in [-0.15, -0.1) is 0 Å². The standard InChI is InChI=1S/C10H24O2P.C4H8O2S/c1-5-11-7-9-13(3,4)10-8-12-6-2;1-7-3-2-4(5)6/h5-10H2,1-4H3;2-3H2,1H3,(H,5,6)/q+1;/p-1. The van der Waals surface area contributed by atoms with E-state index in [0.717, 1.165) is 26.4 Å². The van der Waals surface area contributed by atoms with Gasteiger partial charge in [-0.05, 0) is 32.3 Å². The third kappa shape index (κ3) is 20.5. The lowest BCUT2D eigenvalue weighted by Gasteiger charge is -2.17. The maximum Gasteiger partial charge on any atom is 0.0823 e. The summed E-state index contributed by atoms with van der Waals surface area (Å²) in [5.41, 5.74) is 0. The highest BCUT2D eigenvalue weighted by atomic mass is 32.2. The van der Waals surface area contributed by atoms with E-state index < -0.39 is 13.2 Å². The smallest absolute Gasteiger partial charge is 0.0823 e. The Morgan fingerprint density at radius 3 is 1.80 bits per heavy atom. The SMILES string of the molecule is CCOCC[P+](C)(C)CCOCC.CSCCC(=O)[O-]. The number of aliphatic carboxylic acids is 1. The number of ether oxygens (including phenoxy) is 2. The maximum atomic E-state index is 9.63. The van der Waals surface area contributed by atoms with Crippen molar-refractivity contribution in [1.82, 2.24) is 0 Å². The van der Waals surface area contributed by atoms with E-state index in [-0.39, 0.29) is 6.42 Å². The summed E-state index contributed by atoms with van der Waals surface area (Å²) < 4.78 is 10.7. The first-order chi connectivity index (χ1) is 9.39. The molecule has 0 spiro atoms. The van der Waals surface area contributed by atoms with Crippen molar-refractivity contribution in [3.05, 3.63) is 0 Å². The Morgan fingerprint density at radius 1 is 1.10 bits per heavy atom. The molecule has 0 aromatic carbocycles. The lowest BCUT2D eigenvalue weighted by Crippen LogP contribution is -2.22. The van der Waals surface area contributed by atoms with Crippen LogP contribution in [0.5, 0.6) is 0 Å². The molecule has 6 heteroatoms. The molecule has 4 nitrogen and oxygen atoms in total. The largest absolute Gasteiger partial charge is 0.550 e. The highest BCUT2D eigenvalue weighted by Crippen LogP contribution is 2.50. The fourth-order valence-corrected chi connectivity index (χ4v) is 3.05. The van der Waals surface area contributed by atoms with Crippen LogP contribution in [0.25, 0.3) is 0 Å². The van der Waals surface area contributed by atoms with Crippen LogP contribution in [-0.4, -0.2) is 70.1 Å². The van der Waals surface area contributed by atoms with Gasteiger partial charge in [0.15, 0.2) is 0 Å². The Balaban J connectivity index is 0. The highest BCUT2D eigenvalue weighted by Gasteiger charge is 2.23. The number of hydrogen-bond donors (Lipinski definition) is 0. The number of hydrogen-bond acceptors (Lipinski definition) is 5. The molecule has 0 atom stereocenters. The van der Waals surface area contributed by atoms with Gasteiger partial charge >= 0.3 is 0 Å². The molecular formula is C14H31O4PS. The summed E-state index contributed by atoms with van der Waals surface area (Å²) in [5.74, 6) is -0.308. The van der Waals surface area contributed by atoms with Crippen molar-refractivity contribution in [1.29, 1.82) is 0 Å². The summed E-state index contributed by atoms with van der Waals surface area (Å²) in [6.45, 7) is 12.4. The maximum absolute atomic E-state index is 9.63. The number of carbonyl (C=O) groups excluding carboxylic acids is 1. The average Bonchev–Trinajstić information content (AvgIpc) is 2.37. The van der Waals surface area contributed by atoms with Crippen LogP contribution in [0.4, 0.5) is 0 Å². The predicted molar refractivity (Wildman–Crippen MR) is 89.5 cm³/mol. The zero-order chi connectivity index (χ0) is 15.9. The van der Waals surface area contributed by atoms with Gasteiger partial charge in [-0.2, -0.15) is 11.8 Å². The Morgan fingerprint density at radius 2 is 1.55 bits per heavy atom. The monoisotopic (exact) mass is 326 g/mol. The summed E-state index contributed by atoms with van der Waals surface area (Å²) in [5, 5.41) is 9.63. The molecule has 0 N–H and O–H groups in total. The number of thioether (sulfide) groups is 1. The Labute approximate surface area is 129 Å². The van der Waals surface area contributed by atoms with Crippen LogP contribution < -0.4 is 5.11 Å². The first kappa shape index (κ1) is 22.5. The molecule has 0 saturated heterocycles. The van der Waals surface area contributed by atoms with Crippen LogP contribution in [0.3, 0.4) is 0 Å². The predicted octanol–water partition coefficient (Wildman–Crippen LogP) is 1.83. The van der Waals surface area contributed by atoms with E-state index >= 15 is 0 Å². The summed E-state index contributed by atoms with van der Waals surface area (Å²) in [4.78, 5) is 9.63. The Kier molecular flexibility index (Phi) is 17.5. The average molecular weight is 326 g/mol. The molecule has 0 amide bonds. The minimum Gasteiger partial charge on any atom is -0.550 e. The number of rotatable bonds is 11. The molecule has 0 heterocycles. The van der Waals surface area contributed by atoms with Gasteiger partial charge < -0.3 is 19.4 Å². The minimum absolute atomic E-state index is 0.168. The van der Waals surface area contributed by atoms with Crippen molar-refractivity contribution in [2.45, 2.75) is 20.3 Å². The molecule has 122 valence electrons. The molecule has 0 saturated carbocycles. The van der Waals surface area contributed by atoms with Gasteiger partial charge in [0.1, 0.15) is 0 Å². The Hall–Kier alpha value is 0.170. The molecule has 0 bridgehead atoms. The second-order valence-corrected chi connectivity index (χ2v) is 10.6. The van der Waals surface area contributed by atoms with Crippen LogP contribution in [-0.2, 0) is 14.3 Å². The number of carbonyl (C=O) groups is 1. The second kappa shape index (κ2) is 15.6. The van der Waals surface area contributed by atoms with Gasteiger partial charge in [0, 0.05) is 39.8 Å². The van der Waals surface area contributed by atoms with Crippen molar-refractivity contribution < 1.29 is 19.4 Å². The van der Waals surface area contributed by atoms with Gasteiger partial charge in [-0.25, -0.2) is 0 Å². The molecule has 0 aliphatic heterocycles. The van der Waals surface area contributed by atoms with Gasteiger partial charge in [0.2, 0.25) is 0 Å². The van der Waals surface area contributed by atoms with E-state index in [1.54, 1.807) is 0 Å². The molecule has 0 aromatic heterocycles. The molecular weight excluding hydrogens is 295 g/mol. The zero-order valence-electron chi connectivity index (χ0n) is 13.6. The number of carboxylic acids is 1. The van der Waals surface area contributed by atoms with Gasteiger partial charge in [-0.1, -0.05) is 0 Å². The van der Waals surface area contributed by atoms with Gasteiger partial charge in [-0.3, -0.25) is 0 Å². The van der Waals surface area contributed by atoms with Crippen molar-refractivity contribution in [3.63, 3.8) is 0 Å². The van der Waals surface area contributed by atoms with E-state index in [1.807, 2.05) is 20.1 Å². The molecule has 0 aromatic rings. The van der Waals surface area contributed by atoms with Crippen LogP contribution in [0.2, 0.25) is 0 Å². The van der Waals surface area contributed by atoms with Crippen LogP contribution in [0.15, 0.2) is 0 Å². The van der Waals surface area contributed by atoms with E-state index in [9.17, 15) is 9.90 Å². The molecule has 0 rings (SSSR count). The van der Waals surface area contributed by atoms with Crippen LogP contribution in [0, 0.1) is 0 Å². The summed E-state index contributed by atoms with van der Waals surface area (Å²) >= 11 is 1.51. The van der Waals surface area contributed by atoms with Crippen molar-refractivity contribution in [2.75, 3.05) is 64.1 Å². The van der Waals surface area contributed by atoms with Gasteiger partial charge in [0.05, 0.1) is 25.5 Å². The first-order valence-corrected chi connectivity index (χ1v) is 11.5. The molecule has 0 radical (unpaired) electrons. The molecule has 20 heavy (non-hydrogen) atoms. The fourth-order valence-electron chi connectivity index (χ4n) is 1.21. The highest BCUT2D eigenvalue weighted by molar-refractivity contribution is 7.98. The molecule has 0 aliphatic rings. The zero-order valence-corrected chi connectivity index (χ0v) is 15.4. The third-order valence-electron chi connectivity index (χ3n) is 2.60. The van der Waals surface area contributed by atoms with E-state index in [2.05, 4.69) is 13.3 Å². The first-order valence-electron chi connectivity index (χ1n) is 7.05. The summed E-state index contributed by atoms with van der Waals surface area (Å²) in [7, 11) is -0.752. The van der Waals surface area contributed by atoms with Crippen molar-refractivity contribution >= 4 is 25.0 Å². The second-order valence-electron chi connectivity index (χ2n) is 4.89. The van der Waals surface area contributed by atoms with Crippen LogP contribution in [0.1, 0.15) is 20.3 Å². The summed E-state index contributed by atoms with van der Waals surface area (Å²) in [6, 6.07) is 0. The fraction of sp³-hybridized carbons (Fsp3) is 0.929. The van der Waals surface area contributed by atoms with E-state index in [4.69, 9.17) is 9.47 Å². The van der Waals surface area contributed by atoms with Crippen LogP contribution >= 0.6 is 19.0 Å². The number of carboxylic acid groups (broad SMARTS) is 1. The van der Waals surface area contributed by atoms with Crippen molar-refractivity contribution in [2.24, 2.45) is 0 Å². The van der Waals surface area contributed by atoms with Gasteiger partial charge in [0.25, 0.3) is 0 Å². The summed E-state index contributed by atoms with van der Waals surface area (Å²) in [6.07, 6.45) is 4.49.